The molecule has 0 aliphatic heterocycles. The van der Waals surface area contributed by atoms with Crippen LogP contribution in [0.2, 0.25) is 0 Å². The summed E-state index contributed by atoms with van der Waals surface area (Å²) < 4.78 is 0. The van der Waals surface area contributed by atoms with Crippen LogP contribution in [-0.2, 0) is 0 Å². The predicted octanol–water partition coefficient (Wildman–Crippen LogP) is 2.01. The Morgan fingerprint density at radius 3 is 2.67 bits per heavy atom. The summed E-state index contributed by atoms with van der Waals surface area (Å²) in [7, 11) is 0. The van der Waals surface area contributed by atoms with Crippen LogP contribution in [0.3, 0.4) is 0 Å². The Morgan fingerprint density at radius 1 is 1.24 bits per heavy atom. The van der Waals surface area contributed by atoms with Crippen molar-refractivity contribution in [2.45, 2.75) is 31.7 Å². The van der Waals surface area contributed by atoms with E-state index in [2.05, 4.69) is 9.97 Å². The summed E-state index contributed by atoms with van der Waals surface area (Å²) in [5.74, 6) is -0.130. The smallest absolute Gasteiger partial charge is 0.274 e. The monoisotopic (exact) mass is 285 g/mol. The number of nitrogens with zero attached hydrogens (tertiary/aromatic N) is 3. The first-order valence-electron chi connectivity index (χ1n) is 7.43. The quantitative estimate of drug-likeness (QED) is 0.933. The van der Waals surface area contributed by atoms with Crippen molar-refractivity contribution in [2.24, 2.45) is 0 Å². The molecule has 1 aromatic carbocycles. The molecular formula is C16H19N3O2. The Hall–Kier alpha value is -2.01. The number of hydrogen-bond donors (Lipinski definition) is 1. The summed E-state index contributed by atoms with van der Waals surface area (Å²) in [6, 6.07) is 7.73. The van der Waals surface area contributed by atoms with Crippen molar-refractivity contribution in [1.82, 2.24) is 14.9 Å². The predicted molar refractivity (Wildman–Crippen MR) is 79.9 cm³/mol. The van der Waals surface area contributed by atoms with E-state index in [1.54, 1.807) is 4.90 Å². The maximum atomic E-state index is 12.7. The zero-order chi connectivity index (χ0) is 14.7. The minimum Gasteiger partial charge on any atom is -0.395 e. The van der Waals surface area contributed by atoms with Gasteiger partial charge in [-0.15, -0.1) is 0 Å². The van der Waals surface area contributed by atoms with Gasteiger partial charge in [0.1, 0.15) is 5.69 Å². The molecule has 0 saturated heterocycles. The van der Waals surface area contributed by atoms with Crippen LogP contribution in [0.25, 0.3) is 11.0 Å². The zero-order valence-electron chi connectivity index (χ0n) is 11.9. The number of aliphatic hydroxyl groups excluding tert-OH is 1. The molecule has 0 radical (unpaired) electrons. The van der Waals surface area contributed by atoms with Gasteiger partial charge in [0.25, 0.3) is 5.91 Å². The van der Waals surface area contributed by atoms with Crippen molar-refractivity contribution < 1.29 is 9.90 Å². The lowest BCUT2D eigenvalue weighted by atomic mass is 10.2. The number of fused-ring (bicyclic) bond motifs is 1. The van der Waals surface area contributed by atoms with Crippen LogP contribution in [0.4, 0.5) is 0 Å². The van der Waals surface area contributed by atoms with Crippen LogP contribution in [0.1, 0.15) is 36.2 Å². The van der Waals surface area contributed by atoms with Crippen molar-refractivity contribution in [1.29, 1.82) is 0 Å². The normalized spacial score (nSPS) is 15.5. The molecular weight excluding hydrogens is 266 g/mol. The van der Waals surface area contributed by atoms with E-state index in [1.165, 1.54) is 6.20 Å². The van der Waals surface area contributed by atoms with Gasteiger partial charge in [-0.1, -0.05) is 25.0 Å². The molecule has 5 heteroatoms. The van der Waals surface area contributed by atoms with Gasteiger partial charge in [-0.05, 0) is 25.0 Å². The molecule has 1 aromatic heterocycles. The molecule has 0 bridgehead atoms. The molecule has 5 nitrogen and oxygen atoms in total. The first-order chi connectivity index (χ1) is 10.3. The standard InChI is InChI=1S/C16H19N3O2/c20-10-9-19(12-5-1-2-6-12)16(21)15-11-17-13-7-3-4-8-14(13)18-15/h3-4,7-8,11-12,20H,1-2,5-6,9-10H2. The van der Waals surface area contributed by atoms with E-state index in [1.807, 2.05) is 24.3 Å². The minimum absolute atomic E-state index is 0.0246. The molecule has 0 spiro atoms. The van der Waals surface area contributed by atoms with Crippen molar-refractivity contribution >= 4 is 16.9 Å². The molecule has 1 N–H and O–H groups in total. The third-order valence-corrected chi connectivity index (χ3v) is 4.03. The topological polar surface area (TPSA) is 66.3 Å². The summed E-state index contributed by atoms with van der Waals surface area (Å²) in [5.41, 5.74) is 1.86. The van der Waals surface area contributed by atoms with Crippen LogP contribution in [-0.4, -0.2) is 45.1 Å². The second-order valence-corrected chi connectivity index (χ2v) is 5.40. The maximum absolute atomic E-state index is 12.7. The van der Waals surface area contributed by atoms with Gasteiger partial charge in [0.15, 0.2) is 0 Å². The number of hydrogen-bond acceptors (Lipinski definition) is 4. The lowest BCUT2D eigenvalue weighted by Gasteiger charge is -2.27. The third kappa shape index (κ3) is 2.88. The van der Waals surface area contributed by atoms with Crippen molar-refractivity contribution in [3.8, 4) is 0 Å². The second-order valence-electron chi connectivity index (χ2n) is 5.40. The van der Waals surface area contributed by atoms with Gasteiger partial charge in [-0.25, -0.2) is 4.98 Å². The third-order valence-electron chi connectivity index (χ3n) is 4.03. The van der Waals surface area contributed by atoms with Gasteiger partial charge in [0, 0.05) is 12.6 Å². The average molecular weight is 285 g/mol. The Morgan fingerprint density at radius 2 is 1.95 bits per heavy atom. The first-order valence-corrected chi connectivity index (χ1v) is 7.43. The fourth-order valence-electron chi connectivity index (χ4n) is 2.98. The highest BCUT2D eigenvalue weighted by atomic mass is 16.3. The lowest BCUT2D eigenvalue weighted by molar-refractivity contribution is 0.0632. The van der Waals surface area contributed by atoms with Gasteiger partial charge in [-0.2, -0.15) is 0 Å². The minimum atomic E-state index is -0.130. The molecule has 1 saturated carbocycles. The van der Waals surface area contributed by atoms with Gasteiger partial charge in [0.2, 0.25) is 0 Å². The number of para-hydroxylation sites is 2. The van der Waals surface area contributed by atoms with E-state index < -0.39 is 0 Å². The number of rotatable bonds is 4. The van der Waals surface area contributed by atoms with Crippen molar-refractivity contribution in [3.05, 3.63) is 36.2 Å². The van der Waals surface area contributed by atoms with Crippen LogP contribution < -0.4 is 0 Å². The molecule has 1 amide bonds. The first kappa shape index (κ1) is 13.9. The zero-order valence-corrected chi connectivity index (χ0v) is 11.9. The number of aliphatic hydroxyl groups is 1. The Bertz CT molecular complexity index is 638. The van der Waals surface area contributed by atoms with Gasteiger partial charge in [0.05, 0.1) is 23.8 Å². The van der Waals surface area contributed by atoms with E-state index in [0.29, 0.717) is 12.2 Å². The van der Waals surface area contributed by atoms with E-state index in [9.17, 15) is 9.90 Å². The van der Waals surface area contributed by atoms with E-state index in [4.69, 9.17) is 0 Å². The highest BCUT2D eigenvalue weighted by molar-refractivity contribution is 5.94. The molecule has 21 heavy (non-hydrogen) atoms. The number of aromatic nitrogens is 2. The van der Waals surface area contributed by atoms with Gasteiger partial charge < -0.3 is 10.0 Å². The molecule has 0 atom stereocenters. The fraction of sp³-hybridized carbons (Fsp3) is 0.438. The summed E-state index contributed by atoms with van der Waals surface area (Å²) in [5, 5.41) is 9.23. The molecule has 1 heterocycles. The van der Waals surface area contributed by atoms with Crippen LogP contribution in [0, 0.1) is 0 Å². The molecule has 2 aromatic rings. The SMILES string of the molecule is O=C(c1cnc2ccccc2n1)N(CCO)C1CCCC1. The molecule has 0 unspecified atom stereocenters. The van der Waals surface area contributed by atoms with Crippen molar-refractivity contribution in [2.75, 3.05) is 13.2 Å². The molecule has 1 aliphatic carbocycles. The van der Waals surface area contributed by atoms with E-state index >= 15 is 0 Å². The second kappa shape index (κ2) is 6.18. The molecule has 3 rings (SSSR count). The molecule has 1 fully saturated rings. The van der Waals surface area contributed by atoms with Crippen LogP contribution >= 0.6 is 0 Å². The van der Waals surface area contributed by atoms with Crippen LogP contribution in [0.15, 0.2) is 30.5 Å². The summed E-state index contributed by atoms with van der Waals surface area (Å²) in [6.07, 6.45) is 5.83. The molecule has 1 aliphatic rings. The highest BCUT2D eigenvalue weighted by Gasteiger charge is 2.27. The Labute approximate surface area is 123 Å². The van der Waals surface area contributed by atoms with Gasteiger partial charge in [-0.3, -0.25) is 9.78 Å². The number of carbonyl (C=O) groups is 1. The highest BCUT2D eigenvalue weighted by Crippen LogP contribution is 2.24. The molecule has 110 valence electrons. The summed E-state index contributed by atoms with van der Waals surface area (Å²) >= 11 is 0. The number of benzene rings is 1. The lowest BCUT2D eigenvalue weighted by Crippen LogP contribution is -2.41. The number of carbonyl (C=O) groups excluding carboxylic acids is 1. The fourth-order valence-corrected chi connectivity index (χ4v) is 2.98. The average Bonchev–Trinajstić information content (AvgIpc) is 3.05. The van der Waals surface area contributed by atoms with Gasteiger partial charge >= 0.3 is 0 Å². The maximum Gasteiger partial charge on any atom is 0.274 e. The van der Waals surface area contributed by atoms with Crippen molar-refractivity contribution in [3.63, 3.8) is 0 Å². The van der Waals surface area contributed by atoms with E-state index in [-0.39, 0.29) is 18.6 Å². The summed E-state index contributed by atoms with van der Waals surface area (Å²) in [4.78, 5) is 23.1. The Balaban J connectivity index is 1.89. The van der Waals surface area contributed by atoms with E-state index in [0.717, 1.165) is 36.7 Å². The summed E-state index contributed by atoms with van der Waals surface area (Å²) in [6.45, 7) is 0.335. The largest absolute Gasteiger partial charge is 0.395 e. The number of amides is 1. The Kier molecular flexibility index (Phi) is 4.10. The van der Waals surface area contributed by atoms with Crippen LogP contribution in [0.5, 0.6) is 0 Å².